The van der Waals surface area contributed by atoms with E-state index in [1.54, 1.807) is 75.6 Å². The van der Waals surface area contributed by atoms with E-state index in [0.29, 0.717) is 40.2 Å². The number of carbonyl (C=O) groups is 4. The number of Topliss-reactive ketones (excluding diaryl/α,β-unsaturated/α-hetero) is 4. The molecule has 0 N–H and O–H groups in total. The van der Waals surface area contributed by atoms with Crippen LogP contribution in [0.5, 0.6) is 0 Å². The summed E-state index contributed by atoms with van der Waals surface area (Å²) in [5, 5.41) is 11.7. The van der Waals surface area contributed by atoms with E-state index in [2.05, 4.69) is 19.8 Å². The molecule has 2 heterocycles. The van der Waals surface area contributed by atoms with Crippen molar-refractivity contribution in [3.63, 3.8) is 0 Å². The number of allylic oxidation sites excluding steroid dienone is 1. The SMILES string of the molecule is COSOO[O-].C[S+]=C1SCCS1.O=C1C(=C2SCCS2)C(=O)c2ccccc21.O=C1CC(=O)c2ccccc21. The molecule has 2 aromatic carbocycles. The Bertz CT molecular complexity index is 1220. The number of rotatable bonds is 3. The quantitative estimate of drug-likeness (QED) is 0.0513. The second-order valence-electron chi connectivity index (χ2n) is 7.65. The molecule has 212 valence electrons. The molecule has 0 spiro atoms. The third-order valence-corrected chi connectivity index (χ3v) is 12.5. The first kappa shape index (κ1) is 33.0. The molecular weight excluding hydrogens is 633 g/mol. The smallest absolute Gasteiger partial charge is 0.291 e. The van der Waals surface area contributed by atoms with Gasteiger partial charge in [-0.2, -0.15) is 0 Å². The van der Waals surface area contributed by atoms with Gasteiger partial charge in [0.15, 0.2) is 53.1 Å². The molecule has 0 aromatic heterocycles. The molecule has 2 fully saturated rings. The molecule has 0 bridgehead atoms. The highest BCUT2D eigenvalue weighted by molar-refractivity contribution is 8.48. The lowest BCUT2D eigenvalue weighted by Crippen LogP contribution is -2.01. The van der Waals surface area contributed by atoms with Crippen LogP contribution in [0.15, 0.2) is 58.3 Å². The van der Waals surface area contributed by atoms with Gasteiger partial charge >= 0.3 is 0 Å². The Morgan fingerprint density at radius 3 is 1.57 bits per heavy atom. The molecule has 8 nitrogen and oxygen atoms in total. The number of hydrogen-bond acceptors (Lipinski definition) is 13. The summed E-state index contributed by atoms with van der Waals surface area (Å²) in [7, 11) is 1.35. The van der Waals surface area contributed by atoms with Crippen molar-refractivity contribution in [1.29, 1.82) is 0 Å². The van der Waals surface area contributed by atoms with Gasteiger partial charge in [-0.3, -0.25) is 28.4 Å². The van der Waals surface area contributed by atoms with Gasteiger partial charge in [0.2, 0.25) is 0 Å². The van der Waals surface area contributed by atoms with Gasteiger partial charge in [-0.1, -0.05) is 72.1 Å². The van der Waals surface area contributed by atoms with Gasteiger partial charge in [0.25, 0.3) is 3.53 Å². The maximum absolute atomic E-state index is 12.1. The van der Waals surface area contributed by atoms with Crippen LogP contribution in [0.2, 0.25) is 0 Å². The standard InChI is InChI=1S/C12H8O2S2.C9H6O2.C4H7S3.CH4O4S/c13-10-7-3-1-2-4-8(7)11(14)9(10)12-15-5-6-16-12;10-8-5-9(11)7-4-2-1-3-6(7)8;1-5-4-6-2-3-7-4;1-3-6-5-4-2/h1-4H,5-6H2;1-4H,5H2;2-3H2,1H3;2H,1H3/q;;+1;/p-1. The molecule has 2 saturated heterocycles. The number of hydrogen-bond donors (Lipinski definition) is 0. The Morgan fingerprint density at radius 2 is 1.20 bits per heavy atom. The minimum Gasteiger partial charge on any atom is -0.691 e. The zero-order valence-electron chi connectivity index (χ0n) is 21.4. The molecule has 0 unspecified atom stereocenters. The zero-order chi connectivity index (χ0) is 28.9. The normalized spacial score (nSPS) is 16.9. The van der Waals surface area contributed by atoms with Crippen molar-refractivity contribution in [3.8, 4) is 0 Å². The maximum Gasteiger partial charge on any atom is 0.291 e. The third-order valence-electron chi connectivity index (χ3n) is 5.29. The molecule has 2 aromatic rings. The van der Waals surface area contributed by atoms with Crippen LogP contribution in [-0.2, 0) is 24.9 Å². The molecule has 0 saturated carbocycles. The van der Waals surface area contributed by atoms with Crippen molar-refractivity contribution in [2.24, 2.45) is 0 Å². The summed E-state index contributed by atoms with van der Waals surface area (Å²) >= 11 is 9.56. The van der Waals surface area contributed by atoms with E-state index in [-0.39, 0.29) is 29.6 Å². The summed E-state index contributed by atoms with van der Waals surface area (Å²) in [6.45, 7) is 0. The van der Waals surface area contributed by atoms with E-state index in [0.717, 1.165) is 15.7 Å². The van der Waals surface area contributed by atoms with Crippen LogP contribution in [0.25, 0.3) is 0 Å². The lowest BCUT2D eigenvalue weighted by atomic mass is 10.1. The Kier molecular flexibility index (Phi) is 14.4. The van der Waals surface area contributed by atoms with E-state index in [1.165, 1.54) is 18.6 Å². The molecule has 6 rings (SSSR count). The summed E-state index contributed by atoms with van der Waals surface area (Å²) in [4.78, 5) is 46.3. The van der Waals surface area contributed by atoms with Crippen LogP contribution in [0.1, 0.15) is 47.9 Å². The first-order valence-electron chi connectivity index (χ1n) is 11.6. The number of fused-ring (bicyclic) bond motifs is 2. The first-order valence-corrected chi connectivity index (χ1v) is 17.4. The van der Waals surface area contributed by atoms with Crippen LogP contribution >= 0.6 is 59.4 Å². The van der Waals surface area contributed by atoms with E-state index >= 15 is 0 Å². The van der Waals surface area contributed by atoms with Crippen molar-refractivity contribution in [2.45, 2.75) is 6.42 Å². The Hall–Kier alpha value is -1.46. The minimum absolute atomic E-state index is 0.0504. The van der Waals surface area contributed by atoms with Gasteiger partial charge in [0.1, 0.15) is 0 Å². The average molecular weight is 657 g/mol. The molecule has 0 atom stereocenters. The highest BCUT2D eigenvalue weighted by Crippen LogP contribution is 2.42. The highest BCUT2D eigenvalue weighted by atomic mass is 32.2. The van der Waals surface area contributed by atoms with Gasteiger partial charge in [0, 0.05) is 45.3 Å². The fourth-order valence-electron chi connectivity index (χ4n) is 3.65. The fraction of sp³-hybridized carbons (Fsp3) is 0.269. The van der Waals surface area contributed by atoms with E-state index in [4.69, 9.17) is 5.26 Å². The monoisotopic (exact) mass is 656 g/mol. The topological polar surface area (TPSA) is 119 Å². The predicted molar refractivity (Wildman–Crippen MR) is 167 cm³/mol. The van der Waals surface area contributed by atoms with Crippen molar-refractivity contribution in [2.75, 3.05) is 36.4 Å². The molecule has 2 aliphatic carbocycles. The summed E-state index contributed by atoms with van der Waals surface area (Å²) in [6, 6.07) is 14.0. The highest BCUT2D eigenvalue weighted by Gasteiger charge is 2.36. The van der Waals surface area contributed by atoms with Crippen molar-refractivity contribution < 1.29 is 38.0 Å². The summed E-state index contributed by atoms with van der Waals surface area (Å²) in [5.74, 6) is 4.31. The molecule has 0 radical (unpaired) electrons. The third kappa shape index (κ3) is 9.02. The van der Waals surface area contributed by atoms with Crippen molar-refractivity contribution >= 4 is 97.4 Å². The molecule has 2 aliphatic heterocycles. The lowest BCUT2D eigenvalue weighted by molar-refractivity contribution is -0.777. The molecule has 40 heavy (non-hydrogen) atoms. The van der Waals surface area contributed by atoms with E-state index in [9.17, 15) is 19.2 Å². The number of ketones is 4. The minimum atomic E-state index is -0.0995. The Labute approximate surface area is 257 Å². The van der Waals surface area contributed by atoms with Crippen LogP contribution in [0.3, 0.4) is 0 Å². The first-order chi connectivity index (χ1) is 19.4. The zero-order valence-corrected chi connectivity index (χ0v) is 26.3. The average Bonchev–Trinajstić information content (AvgIpc) is 3.79. The number of thioether (sulfide) groups is 4. The summed E-state index contributed by atoms with van der Waals surface area (Å²) in [5.41, 5.74) is 2.68. The van der Waals surface area contributed by atoms with E-state index in [1.807, 2.05) is 34.9 Å². The number of benzene rings is 2. The van der Waals surface area contributed by atoms with Gasteiger partial charge < -0.3 is 5.26 Å². The molecular formula is C26H24O8S6. The second-order valence-corrected chi connectivity index (χ2v) is 14.5. The van der Waals surface area contributed by atoms with Gasteiger partial charge in [-0.25, -0.2) is 0 Å². The molecule has 14 heteroatoms. The van der Waals surface area contributed by atoms with E-state index < -0.39 is 0 Å². The second kappa shape index (κ2) is 17.5. The van der Waals surface area contributed by atoms with Crippen molar-refractivity contribution in [3.05, 3.63) is 80.6 Å². The van der Waals surface area contributed by atoms with Crippen LogP contribution in [-0.4, -0.2) is 63.0 Å². The van der Waals surface area contributed by atoms with Crippen LogP contribution < -0.4 is 5.26 Å². The largest absolute Gasteiger partial charge is 0.691 e. The lowest BCUT2D eigenvalue weighted by Gasteiger charge is -1.98. The Morgan fingerprint density at radius 1 is 0.750 bits per heavy atom. The fourth-order valence-corrected chi connectivity index (χ4v) is 9.53. The van der Waals surface area contributed by atoms with Gasteiger partial charge in [0.05, 0.1) is 23.3 Å². The Balaban J connectivity index is 0.000000160. The summed E-state index contributed by atoms with van der Waals surface area (Å²) in [6.07, 6.45) is 2.19. The number of carbonyl (C=O) groups excluding carboxylic acids is 4. The predicted octanol–water partition coefficient (Wildman–Crippen LogP) is 4.90. The van der Waals surface area contributed by atoms with Gasteiger partial charge in [-0.05, 0) is 0 Å². The maximum atomic E-state index is 12.1. The van der Waals surface area contributed by atoms with Crippen molar-refractivity contribution in [1.82, 2.24) is 0 Å². The molecule has 4 aliphatic rings. The molecule has 0 amide bonds. The van der Waals surface area contributed by atoms with Gasteiger partial charge in [-0.15, -0.1) is 27.9 Å². The van der Waals surface area contributed by atoms with Crippen LogP contribution in [0, 0.1) is 0 Å². The van der Waals surface area contributed by atoms with Crippen LogP contribution in [0.4, 0.5) is 0 Å². The summed E-state index contributed by atoms with van der Waals surface area (Å²) < 4.78 is 10.2.